The van der Waals surface area contributed by atoms with Gasteiger partial charge in [-0.3, -0.25) is 0 Å². The zero-order valence-electron chi connectivity index (χ0n) is 16.2. The van der Waals surface area contributed by atoms with Crippen LogP contribution in [-0.4, -0.2) is 22.6 Å². The van der Waals surface area contributed by atoms with Crippen LogP contribution >= 0.6 is 0 Å². The summed E-state index contributed by atoms with van der Waals surface area (Å²) in [6, 6.07) is -0.827. The van der Waals surface area contributed by atoms with Gasteiger partial charge in [0.1, 0.15) is 11.5 Å². The molecule has 0 amide bonds. The van der Waals surface area contributed by atoms with E-state index in [2.05, 4.69) is 0 Å². The molecule has 0 unspecified atom stereocenters. The van der Waals surface area contributed by atoms with Gasteiger partial charge in [-0.25, -0.2) is 0 Å². The lowest BCUT2D eigenvalue weighted by Gasteiger charge is -2.39. The van der Waals surface area contributed by atoms with Crippen LogP contribution in [-0.2, 0) is 17.8 Å². The molecule has 0 saturated heterocycles. The van der Waals surface area contributed by atoms with Crippen molar-refractivity contribution in [2.24, 2.45) is 0 Å². The van der Waals surface area contributed by atoms with Crippen LogP contribution in [0.15, 0.2) is 24.3 Å². The SMILES string of the molecule is Cc1c(C(F)(F)F)ccc(C(c2ccc(C(F)(F)F)c(C)c2O)(C(F)(F)F)C(F)(F)F)c1O. The molecule has 0 saturated carbocycles. The third kappa shape index (κ3) is 4.03. The number of hydrogen-bond donors (Lipinski definition) is 2. The molecule has 0 aliphatic heterocycles. The fraction of sp³-hybridized carbons (Fsp3) is 0.368. The highest BCUT2D eigenvalue weighted by atomic mass is 19.4. The molecular weight excluding hydrogens is 488 g/mol. The van der Waals surface area contributed by atoms with Crippen molar-refractivity contribution in [1.29, 1.82) is 0 Å². The smallest absolute Gasteiger partial charge is 0.416 e. The van der Waals surface area contributed by atoms with Crippen molar-refractivity contribution in [3.63, 3.8) is 0 Å². The van der Waals surface area contributed by atoms with Gasteiger partial charge in [0.15, 0.2) is 0 Å². The van der Waals surface area contributed by atoms with Gasteiger partial charge in [0.2, 0.25) is 5.41 Å². The molecular formula is C19H12F12O2. The van der Waals surface area contributed by atoms with Gasteiger partial charge in [0.25, 0.3) is 0 Å². The lowest BCUT2D eigenvalue weighted by molar-refractivity contribution is -0.289. The number of alkyl halides is 12. The van der Waals surface area contributed by atoms with Crippen molar-refractivity contribution in [2.75, 3.05) is 0 Å². The van der Waals surface area contributed by atoms with Gasteiger partial charge in [-0.05, 0) is 26.0 Å². The van der Waals surface area contributed by atoms with Crippen LogP contribution in [0.1, 0.15) is 33.4 Å². The summed E-state index contributed by atoms with van der Waals surface area (Å²) in [5, 5.41) is 20.1. The number of halogens is 12. The van der Waals surface area contributed by atoms with E-state index >= 15 is 0 Å². The predicted octanol–water partition coefficient (Wildman–Crippen LogP) is 7.16. The molecule has 2 nitrogen and oxygen atoms in total. The zero-order chi connectivity index (χ0) is 25.9. The van der Waals surface area contributed by atoms with Crippen LogP contribution in [0.5, 0.6) is 11.5 Å². The first kappa shape index (κ1) is 26.5. The molecule has 0 radical (unpaired) electrons. The van der Waals surface area contributed by atoms with E-state index in [0.29, 0.717) is 13.8 Å². The molecule has 0 aliphatic carbocycles. The Morgan fingerprint density at radius 1 is 0.485 bits per heavy atom. The highest BCUT2D eigenvalue weighted by Crippen LogP contribution is 2.61. The largest absolute Gasteiger partial charge is 0.507 e. The Morgan fingerprint density at radius 3 is 0.939 bits per heavy atom. The summed E-state index contributed by atoms with van der Waals surface area (Å²) in [6.45, 7) is 0.827. The van der Waals surface area contributed by atoms with Crippen molar-refractivity contribution in [3.8, 4) is 11.5 Å². The van der Waals surface area contributed by atoms with Crippen molar-refractivity contribution >= 4 is 0 Å². The zero-order valence-corrected chi connectivity index (χ0v) is 16.2. The van der Waals surface area contributed by atoms with Gasteiger partial charge in [-0.15, -0.1) is 0 Å². The van der Waals surface area contributed by atoms with Gasteiger partial charge in [-0.1, -0.05) is 12.1 Å². The molecule has 0 bridgehead atoms. The van der Waals surface area contributed by atoms with E-state index in [1.807, 2.05) is 0 Å². The molecule has 2 rings (SSSR count). The number of rotatable bonds is 2. The topological polar surface area (TPSA) is 40.5 Å². The average Bonchev–Trinajstić information content (AvgIpc) is 2.58. The van der Waals surface area contributed by atoms with Gasteiger partial charge in [-0.2, -0.15) is 52.7 Å². The number of phenolic OH excluding ortho intramolecular Hbond substituents is 2. The lowest BCUT2D eigenvalue weighted by atomic mass is 9.70. The number of benzene rings is 2. The van der Waals surface area contributed by atoms with Crippen LogP contribution in [0.4, 0.5) is 52.7 Å². The summed E-state index contributed by atoms with van der Waals surface area (Å²) in [5.74, 6) is -4.09. The molecule has 0 atom stereocenters. The fourth-order valence-electron chi connectivity index (χ4n) is 3.54. The van der Waals surface area contributed by atoms with E-state index < -0.39 is 75.0 Å². The summed E-state index contributed by atoms with van der Waals surface area (Å²) >= 11 is 0. The molecule has 0 aromatic heterocycles. The molecule has 0 spiro atoms. The van der Waals surface area contributed by atoms with E-state index in [0.717, 1.165) is 0 Å². The standard InChI is InChI=1S/C19H12F12O2/c1-7-9(16(20,21)22)3-5-11(13(7)32)15(18(26,27)28,19(29,30)31)12-6-4-10(17(23,24)25)8(2)14(12)33/h3-6,32-33H,1-2H3. The monoisotopic (exact) mass is 500 g/mol. The van der Waals surface area contributed by atoms with Crippen molar-refractivity contribution in [2.45, 2.75) is 44.0 Å². The lowest BCUT2D eigenvalue weighted by Crippen LogP contribution is -2.55. The van der Waals surface area contributed by atoms with E-state index in [1.54, 1.807) is 0 Å². The highest BCUT2D eigenvalue weighted by Gasteiger charge is 2.74. The summed E-state index contributed by atoms with van der Waals surface area (Å²) in [7, 11) is 0. The first-order valence-electron chi connectivity index (χ1n) is 8.54. The second kappa shape index (κ2) is 7.62. The van der Waals surface area contributed by atoms with E-state index in [1.165, 1.54) is 0 Å². The molecule has 184 valence electrons. The number of hydrogen-bond acceptors (Lipinski definition) is 2. The van der Waals surface area contributed by atoms with Crippen LogP contribution in [0.2, 0.25) is 0 Å². The Labute approximate surface area is 177 Å². The number of aromatic hydroxyl groups is 2. The van der Waals surface area contributed by atoms with Crippen molar-refractivity contribution in [3.05, 3.63) is 57.6 Å². The van der Waals surface area contributed by atoms with Crippen LogP contribution < -0.4 is 0 Å². The maximum absolute atomic E-state index is 14.1. The minimum atomic E-state index is -6.49. The minimum Gasteiger partial charge on any atom is -0.507 e. The Kier molecular flexibility index (Phi) is 6.11. The van der Waals surface area contributed by atoms with Crippen LogP contribution in [0.3, 0.4) is 0 Å². The second-order valence-electron chi connectivity index (χ2n) is 7.01. The van der Waals surface area contributed by atoms with Gasteiger partial charge >= 0.3 is 24.7 Å². The summed E-state index contributed by atoms with van der Waals surface area (Å²) in [4.78, 5) is 0. The first-order valence-corrected chi connectivity index (χ1v) is 8.54. The van der Waals surface area contributed by atoms with Gasteiger partial charge < -0.3 is 10.2 Å². The Hall–Kier alpha value is -2.80. The average molecular weight is 500 g/mol. The van der Waals surface area contributed by atoms with E-state index in [9.17, 15) is 62.9 Å². The van der Waals surface area contributed by atoms with E-state index in [-0.39, 0.29) is 24.3 Å². The second-order valence-corrected chi connectivity index (χ2v) is 7.01. The molecule has 2 aromatic carbocycles. The van der Waals surface area contributed by atoms with Gasteiger partial charge in [0.05, 0.1) is 11.1 Å². The molecule has 0 fully saturated rings. The van der Waals surface area contributed by atoms with E-state index in [4.69, 9.17) is 0 Å². The molecule has 14 heteroatoms. The minimum absolute atomic E-state index is 0.134. The quantitative estimate of drug-likeness (QED) is 0.430. The molecule has 0 aliphatic rings. The summed E-state index contributed by atoms with van der Waals surface area (Å²) < 4.78 is 163. The third-order valence-corrected chi connectivity index (χ3v) is 5.13. The fourth-order valence-corrected chi connectivity index (χ4v) is 3.54. The Balaban J connectivity index is 3.12. The van der Waals surface area contributed by atoms with Crippen LogP contribution in [0.25, 0.3) is 0 Å². The first-order chi connectivity index (χ1) is 14.6. The molecule has 33 heavy (non-hydrogen) atoms. The Morgan fingerprint density at radius 2 is 0.727 bits per heavy atom. The summed E-state index contributed by atoms with van der Waals surface area (Å²) in [6.07, 6.45) is -23.5. The van der Waals surface area contributed by atoms with Crippen molar-refractivity contribution in [1.82, 2.24) is 0 Å². The van der Waals surface area contributed by atoms with Crippen molar-refractivity contribution < 1.29 is 62.9 Å². The third-order valence-electron chi connectivity index (χ3n) is 5.13. The normalized spacial score (nSPS) is 14.0. The molecule has 2 aromatic rings. The maximum atomic E-state index is 14.1. The molecule has 2 N–H and O–H groups in total. The predicted molar refractivity (Wildman–Crippen MR) is 88.6 cm³/mol. The van der Waals surface area contributed by atoms with Gasteiger partial charge in [0, 0.05) is 22.3 Å². The van der Waals surface area contributed by atoms with Crippen LogP contribution in [0, 0.1) is 13.8 Å². The molecule has 0 heterocycles. The maximum Gasteiger partial charge on any atom is 0.416 e. The highest BCUT2D eigenvalue weighted by molar-refractivity contribution is 5.60. The summed E-state index contributed by atoms with van der Waals surface area (Å²) in [5.41, 5.74) is -15.9. The number of phenols is 2. The Bertz CT molecular complexity index is 973.